The van der Waals surface area contributed by atoms with Crippen molar-refractivity contribution >= 4 is 28.8 Å². The predicted molar refractivity (Wildman–Crippen MR) is 122 cm³/mol. The number of piperidine rings is 1. The number of rotatable bonds is 3. The van der Waals surface area contributed by atoms with Crippen molar-refractivity contribution in [3.05, 3.63) is 71.3 Å². The van der Waals surface area contributed by atoms with Crippen LogP contribution in [0.3, 0.4) is 0 Å². The molecule has 4 rings (SSSR count). The van der Waals surface area contributed by atoms with Crippen LogP contribution in [-0.4, -0.2) is 51.2 Å². The second-order valence-electron chi connectivity index (χ2n) is 8.20. The Labute approximate surface area is 178 Å². The number of aliphatic imine (C=N–C) groups is 1. The Balaban J connectivity index is 1.76. The zero-order valence-electron chi connectivity index (χ0n) is 17.3. The highest BCUT2D eigenvalue weighted by atomic mass is 32.1. The van der Waals surface area contributed by atoms with Crippen LogP contribution in [0.25, 0.3) is 0 Å². The van der Waals surface area contributed by atoms with Crippen LogP contribution >= 0.6 is 12.2 Å². The molecule has 1 amide bonds. The van der Waals surface area contributed by atoms with Crippen LogP contribution in [0.2, 0.25) is 0 Å². The van der Waals surface area contributed by atoms with E-state index in [1.165, 1.54) is 0 Å². The molecule has 29 heavy (non-hydrogen) atoms. The number of thiocarbonyl (C=S) groups is 1. The normalized spacial score (nSPS) is 19.1. The van der Waals surface area contributed by atoms with E-state index in [1.54, 1.807) is 0 Å². The van der Waals surface area contributed by atoms with Crippen LogP contribution in [0.5, 0.6) is 0 Å². The highest BCUT2D eigenvalue weighted by molar-refractivity contribution is 7.82. The van der Waals surface area contributed by atoms with Crippen LogP contribution in [0.1, 0.15) is 48.2 Å². The number of carbonyl (C=O) groups is 1. The molecule has 2 aromatic carbocycles. The van der Waals surface area contributed by atoms with E-state index in [0.717, 1.165) is 42.8 Å². The fourth-order valence-corrected chi connectivity index (χ4v) is 4.75. The average molecular weight is 406 g/mol. The summed E-state index contributed by atoms with van der Waals surface area (Å²) in [6.45, 7) is 8.21. The lowest BCUT2D eigenvalue weighted by Gasteiger charge is -2.43. The standard InChI is InChI=1S/C24H27N3OS/c1-17(2)26-15-13-24(14-16-26)25-21(19-10-5-4-6-11-19)23(29)27(24)22(28)20-12-8-7-9-18(20)3/h4-12,17H,13-16H2,1-3H3. The molecule has 0 aromatic heterocycles. The molecule has 0 aliphatic carbocycles. The van der Waals surface area contributed by atoms with Crippen molar-refractivity contribution in [3.8, 4) is 0 Å². The molecule has 0 saturated carbocycles. The summed E-state index contributed by atoms with van der Waals surface area (Å²) in [6.07, 6.45) is 1.58. The molecule has 1 fully saturated rings. The number of hydrogen-bond donors (Lipinski definition) is 0. The molecule has 0 N–H and O–H groups in total. The first-order valence-electron chi connectivity index (χ1n) is 10.3. The first kappa shape index (κ1) is 19.9. The van der Waals surface area contributed by atoms with Crippen molar-refractivity contribution in [3.63, 3.8) is 0 Å². The van der Waals surface area contributed by atoms with Crippen LogP contribution < -0.4 is 0 Å². The SMILES string of the molecule is Cc1ccccc1C(=O)N1C(=S)C(c2ccccc2)=NC12CCN(C(C)C)CC2. The van der Waals surface area contributed by atoms with Gasteiger partial charge in [0.2, 0.25) is 0 Å². The smallest absolute Gasteiger partial charge is 0.261 e. The molecule has 2 heterocycles. The van der Waals surface area contributed by atoms with Gasteiger partial charge in [-0.15, -0.1) is 0 Å². The van der Waals surface area contributed by atoms with Gasteiger partial charge in [0.05, 0.1) is 0 Å². The Kier molecular flexibility index (Phi) is 5.36. The largest absolute Gasteiger partial charge is 0.301 e. The van der Waals surface area contributed by atoms with Gasteiger partial charge in [0.15, 0.2) is 0 Å². The molecule has 1 spiro atoms. The Morgan fingerprint density at radius 3 is 2.28 bits per heavy atom. The molecule has 5 heteroatoms. The van der Waals surface area contributed by atoms with Crippen LogP contribution in [0.15, 0.2) is 59.6 Å². The van der Waals surface area contributed by atoms with Gasteiger partial charge in [0, 0.05) is 43.1 Å². The summed E-state index contributed by atoms with van der Waals surface area (Å²) < 4.78 is 0. The monoisotopic (exact) mass is 405 g/mol. The summed E-state index contributed by atoms with van der Waals surface area (Å²) in [5.74, 6) is -0.0409. The predicted octanol–water partition coefficient (Wildman–Crippen LogP) is 4.47. The minimum atomic E-state index is -0.590. The molecule has 0 bridgehead atoms. The maximum absolute atomic E-state index is 13.7. The molecule has 2 aromatic rings. The molecule has 0 unspecified atom stereocenters. The fourth-order valence-electron chi connectivity index (χ4n) is 4.33. The van der Waals surface area contributed by atoms with E-state index >= 15 is 0 Å². The lowest BCUT2D eigenvalue weighted by atomic mass is 9.94. The molecule has 0 atom stereocenters. The first-order valence-corrected chi connectivity index (χ1v) is 10.7. The van der Waals surface area contributed by atoms with Crippen molar-refractivity contribution in [2.24, 2.45) is 4.99 Å². The Hall–Kier alpha value is -2.37. The van der Waals surface area contributed by atoms with Gasteiger partial charge < -0.3 is 4.90 Å². The molecule has 2 aliphatic rings. The van der Waals surface area contributed by atoms with Crippen molar-refractivity contribution < 1.29 is 4.79 Å². The van der Waals surface area contributed by atoms with Gasteiger partial charge in [-0.05, 0) is 32.4 Å². The summed E-state index contributed by atoms with van der Waals surface area (Å²) in [5, 5.41) is 0. The third-order valence-electron chi connectivity index (χ3n) is 6.10. The quantitative estimate of drug-likeness (QED) is 0.707. The molecular formula is C24H27N3OS. The van der Waals surface area contributed by atoms with Crippen molar-refractivity contribution in [1.82, 2.24) is 9.80 Å². The van der Waals surface area contributed by atoms with Crippen LogP contribution in [-0.2, 0) is 0 Å². The van der Waals surface area contributed by atoms with Gasteiger partial charge in [-0.25, -0.2) is 0 Å². The summed E-state index contributed by atoms with van der Waals surface area (Å²) in [4.78, 5) is 23.6. The highest BCUT2D eigenvalue weighted by Crippen LogP contribution is 2.38. The number of aryl methyl sites for hydroxylation is 1. The van der Waals surface area contributed by atoms with Gasteiger partial charge in [-0.3, -0.25) is 14.7 Å². The highest BCUT2D eigenvalue weighted by Gasteiger charge is 2.50. The molecule has 0 radical (unpaired) electrons. The average Bonchev–Trinajstić information content (AvgIpc) is 3.00. The molecule has 2 aliphatic heterocycles. The summed E-state index contributed by atoms with van der Waals surface area (Å²) in [6, 6.07) is 18.2. The zero-order chi connectivity index (χ0) is 20.6. The number of benzene rings is 2. The fraction of sp³-hybridized carbons (Fsp3) is 0.375. The zero-order valence-corrected chi connectivity index (χ0v) is 18.1. The van der Waals surface area contributed by atoms with E-state index in [4.69, 9.17) is 17.2 Å². The molecular weight excluding hydrogens is 378 g/mol. The third kappa shape index (κ3) is 3.53. The van der Waals surface area contributed by atoms with Crippen molar-refractivity contribution in [1.29, 1.82) is 0 Å². The Morgan fingerprint density at radius 1 is 1.03 bits per heavy atom. The van der Waals surface area contributed by atoms with Crippen molar-refractivity contribution in [2.75, 3.05) is 13.1 Å². The molecule has 150 valence electrons. The van der Waals surface area contributed by atoms with E-state index in [-0.39, 0.29) is 5.91 Å². The summed E-state index contributed by atoms with van der Waals surface area (Å²) in [5.41, 5.74) is 2.81. The van der Waals surface area contributed by atoms with Gasteiger partial charge in [0.25, 0.3) is 5.91 Å². The van der Waals surface area contributed by atoms with E-state index < -0.39 is 5.66 Å². The Morgan fingerprint density at radius 2 is 1.66 bits per heavy atom. The number of nitrogens with zero attached hydrogens (tertiary/aromatic N) is 3. The maximum atomic E-state index is 13.7. The topological polar surface area (TPSA) is 35.9 Å². The molecule has 4 nitrogen and oxygen atoms in total. The second kappa shape index (κ2) is 7.81. The van der Waals surface area contributed by atoms with Crippen LogP contribution in [0, 0.1) is 6.92 Å². The van der Waals surface area contributed by atoms with E-state index in [0.29, 0.717) is 16.6 Å². The lowest BCUT2D eigenvalue weighted by molar-refractivity contribution is 0.0482. The van der Waals surface area contributed by atoms with E-state index in [2.05, 4.69) is 18.7 Å². The van der Waals surface area contributed by atoms with Crippen molar-refractivity contribution in [2.45, 2.75) is 45.3 Å². The van der Waals surface area contributed by atoms with Gasteiger partial charge in [-0.1, -0.05) is 60.7 Å². The van der Waals surface area contributed by atoms with Gasteiger partial charge >= 0.3 is 0 Å². The minimum Gasteiger partial charge on any atom is -0.301 e. The second-order valence-corrected chi connectivity index (χ2v) is 8.59. The first-order chi connectivity index (χ1) is 13.9. The lowest BCUT2D eigenvalue weighted by Crippen LogP contribution is -2.56. The van der Waals surface area contributed by atoms with E-state index in [1.807, 2.05) is 66.4 Å². The van der Waals surface area contributed by atoms with Crippen LogP contribution in [0.4, 0.5) is 0 Å². The van der Waals surface area contributed by atoms with Gasteiger partial charge in [-0.2, -0.15) is 0 Å². The molecule has 1 saturated heterocycles. The number of amides is 1. The minimum absolute atomic E-state index is 0.0409. The summed E-state index contributed by atoms with van der Waals surface area (Å²) in [7, 11) is 0. The number of hydrogen-bond acceptors (Lipinski definition) is 4. The Bertz CT molecular complexity index is 959. The number of carbonyl (C=O) groups excluding carboxylic acids is 1. The third-order valence-corrected chi connectivity index (χ3v) is 6.47. The van der Waals surface area contributed by atoms with Gasteiger partial charge in [0.1, 0.15) is 16.4 Å². The summed E-state index contributed by atoms with van der Waals surface area (Å²) >= 11 is 5.86. The number of likely N-dealkylation sites (tertiary alicyclic amines) is 1. The van der Waals surface area contributed by atoms with E-state index in [9.17, 15) is 4.79 Å². The maximum Gasteiger partial charge on any atom is 0.261 e.